The van der Waals surface area contributed by atoms with Crippen molar-refractivity contribution in [1.29, 1.82) is 0 Å². The summed E-state index contributed by atoms with van der Waals surface area (Å²) in [5.74, 6) is 0. The SMILES string of the molecule is Cc1c(CO)cc(C)c2snnc12. The molecule has 0 fully saturated rings. The van der Waals surface area contributed by atoms with Crippen molar-refractivity contribution < 1.29 is 5.11 Å². The molecule has 0 atom stereocenters. The number of benzene rings is 1. The van der Waals surface area contributed by atoms with Crippen LogP contribution < -0.4 is 0 Å². The van der Waals surface area contributed by atoms with E-state index < -0.39 is 0 Å². The molecule has 2 rings (SSSR count). The van der Waals surface area contributed by atoms with E-state index in [2.05, 4.69) is 9.59 Å². The van der Waals surface area contributed by atoms with E-state index in [1.807, 2.05) is 19.9 Å². The van der Waals surface area contributed by atoms with E-state index in [0.717, 1.165) is 26.9 Å². The van der Waals surface area contributed by atoms with Crippen LogP contribution >= 0.6 is 11.5 Å². The molecule has 0 saturated carbocycles. The zero-order chi connectivity index (χ0) is 9.42. The van der Waals surface area contributed by atoms with Gasteiger partial charge in [0.2, 0.25) is 0 Å². The smallest absolute Gasteiger partial charge is 0.109 e. The number of hydrogen-bond donors (Lipinski definition) is 1. The predicted octanol–water partition coefficient (Wildman–Crippen LogP) is 1.80. The normalized spacial score (nSPS) is 11.0. The van der Waals surface area contributed by atoms with E-state index in [1.165, 1.54) is 11.5 Å². The summed E-state index contributed by atoms with van der Waals surface area (Å²) in [7, 11) is 0. The molecule has 1 aromatic carbocycles. The van der Waals surface area contributed by atoms with Crippen molar-refractivity contribution in [3.63, 3.8) is 0 Å². The number of nitrogens with zero attached hydrogens (tertiary/aromatic N) is 2. The lowest BCUT2D eigenvalue weighted by atomic mass is 10.1. The van der Waals surface area contributed by atoms with Crippen LogP contribution in [0.1, 0.15) is 16.7 Å². The van der Waals surface area contributed by atoms with Gasteiger partial charge >= 0.3 is 0 Å². The molecule has 68 valence electrons. The summed E-state index contributed by atoms with van der Waals surface area (Å²) >= 11 is 1.40. The van der Waals surface area contributed by atoms with Crippen LogP contribution in [0.5, 0.6) is 0 Å². The highest BCUT2D eigenvalue weighted by atomic mass is 32.1. The molecule has 0 amide bonds. The van der Waals surface area contributed by atoms with E-state index >= 15 is 0 Å². The number of rotatable bonds is 1. The number of aromatic nitrogens is 2. The molecule has 0 aliphatic carbocycles. The fourth-order valence-electron chi connectivity index (χ4n) is 1.45. The molecule has 0 bridgehead atoms. The summed E-state index contributed by atoms with van der Waals surface area (Å²) in [5.41, 5.74) is 4.04. The van der Waals surface area contributed by atoms with Crippen molar-refractivity contribution in [3.8, 4) is 0 Å². The van der Waals surface area contributed by atoms with Crippen LogP contribution in [0.2, 0.25) is 0 Å². The van der Waals surface area contributed by atoms with Crippen molar-refractivity contribution in [3.05, 3.63) is 22.8 Å². The standard InChI is InChI=1S/C9H10N2OS/c1-5-3-7(4-12)6(2)8-9(5)13-11-10-8/h3,12H,4H2,1-2H3. The lowest BCUT2D eigenvalue weighted by molar-refractivity contribution is 0.281. The largest absolute Gasteiger partial charge is 0.392 e. The summed E-state index contributed by atoms with van der Waals surface area (Å²) in [5, 5.41) is 13.1. The molecule has 3 nitrogen and oxygen atoms in total. The van der Waals surface area contributed by atoms with Gasteiger partial charge in [0.05, 0.1) is 11.3 Å². The first-order valence-corrected chi connectivity index (χ1v) is 4.83. The van der Waals surface area contributed by atoms with Crippen LogP contribution in [0, 0.1) is 13.8 Å². The Morgan fingerprint density at radius 1 is 1.46 bits per heavy atom. The van der Waals surface area contributed by atoms with Gasteiger partial charge in [0.15, 0.2) is 0 Å². The second-order valence-corrected chi connectivity index (χ2v) is 3.84. The van der Waals surface area contributed by atoms with Crippen LogP contribution in [0.3, 0.4) is 0 Å². The predicted molar refractivity (Wildman–Crippen MR) is 52.8 cm³/mol. The molecule has 0 aliphatic rings. The Bertz CT molecular complexity index is 450. The minimum Gasteiger partial charge on any atom is -0.392 e. The summed E-state index contributed by atoms with van der Waals surface area (Å²) < 4.78 is 5.03. The first-order valence-electron chi connectivity index (χ1n) is 4.06. The van der Waals surface area contributed by atoms with Gasteiger partial charge in [-0.1, -0.05) is 10.6 Å². The van der Waals surface area contributed by atoms with Crippen LogP contribution in [0.15, 0.2) is 6.07 Å². The van der Waals surface area contributed by atoms with Crippen molar-refractivity contribution in [2.75, 3.05) is 0 Å². The maximum atomic E-state index is 9.10. The van der Waals surface area contributed by atoms with E-state index in [-0.39, 0.29) is 6.61 Å². The molecule has 0 radical (unpaired) electrons. The summed E-state index contributed by atoms with van der Waals surface area (Å²) in [6.45, 7) is 4.05. The maximum absolute atomic E-state index is 9.10. The van der Waals surface area contributed by atoms with E-state index in [0.29, 0.717) is 0 Å². The average molecular weight is 194 g/mol. The summed E-state index contributed by atoms with van der Waals surface area (Å²) in [6.07, 6.45) is 0. The molecule has 1 N–H and O–H groups in total. The Hall–Kier alpha value is -1.00. The van der Waals surface area contributed by atoms with Gasteiger partial charge in [-0.2, -0.15) is 0 Å². The van der Waals surface area contributed by atoms with Gasteiger partial charge in [-0.3, -0.25) is 0 Å². The fraction of sp³-hybridized carbons (Fsp3) is 0.333. The van der Waals surface area contributed by atoms with Gasteiger partial charge in [0.25, 0.3) is 0 Å². The van der Waals surface area contributed by atoms with Gasteiger partial charge < -0.3 is 5.11 Å². The van der Waals surface area contributed by atoms with Gasteiger partial charge in [-0.25, -0.2) is 0 Å². The minimum atomic E-state index is 0.0696. The average Bonchev–Trinajstić information content (AvgIpc) is 2.60. The highest BCUT2D eigenvalue weighted by Gasteiger charge is 2.08. The Labute approximate surface area is 80.2 Å². The van der Waals surface area contributed by atoms with Crippen molar-refractivity contribution in [1.82, 2.24) is 9.59 Å². The third-order valence-corrected chi connectivity index (χ3v) is 3.11. The Morgan fingerprint density at radius 3 is 2.92 bits per heavy atom. The molecule has 0 saturated heterocycles. The number of aryl methyl sites for hydroxylation is 2. The van der Waals surface area contributed by atoms with Gasteiger partial charge in [0.1, 0.15) is 5.52 Å². The molecular formula is C9H10N2OS. The fourth-order valence-corrected chi connectivity index (χ4v) is 2.13. The second-order valence-electron chi connectivity index (χ2n) is 3.09. The molecule has 13 heavy (non-hydrogen) atoms. The molecule has 0 aliphatic heterocycles. The maximum Gasteiger partial charge on any atom is 0.109 e. The minimum absolute atomic E-state index is 0.0696. The second kappa shape index (κ2) is 3.05. The number of fused-ring (bicyclic) bond motifs is 1. The van der Waals surface area contributed by atoms with Crippen molar-refractivity contribution in [2.45, 2.75) is 20.5 Å². The lowest BCUT2D eigenvalue weighted by Crippen LogP contribution is -1.91. The van der Waals surface area contributed by atoms with E-state index in [4.69, 9.17) is 5.11 Å². The van der Waals surface area contributed by atoms with Gasteiger partial charge in [0, 0.05) is 0 Å². The third kappa shape index (κ3) is 1.22. The first kappa shape index (κ1) is 8.59. The summed E-state index contributed by atoms with van der Waals surface area (Å²) in [6, 6.07) is 2.00. The Kier molecular flexibility index (Phi) is 2.01. The van der Waals surface area contributed by atoms with Gasteiger partial charge in [-0.15, -0.1) is 5.10 Å². The van der Waals surface area contributed by atoms with Crippen molar-refractivity contribution >= 4 is 21.7 Å². The molecule has 4 heteroatoms. The topological polar surface area (TPSA) is 46.0 Å². The Balaban J connectivity index is 2.85. The number of hydrogen-bond acceptors (Lipinski definition) is 4. The van der Waals surface area contributed by atoms with Gasteiger partial charge in [-0.05, 0) is 42.1 Å². The molecular weight excluding hydrogens is 184 g/mol. The van der Waals surface area contributed by atoms with Crippen molar-refractivity contribution in [2.24, 2.45) is 0 Å². The third-order valence-electron chi connectivity index (χ3n) is 2.24. The lowest BCUT2D eigenvalue weighted by Gasteiger charge is -2.04. The Morgan fingerprint density at radius 2 is 2.23 bits per heavy atom. The molecule has 0 spiro atoms. The quantitative estimate of drug-likeness (QED) is 0.753. The zero-order valence-electron chi connectivity index (χ0n) is 7.53. The monoisotopic (exact) mass is 194 g/mol. The highest BCUT2D eigenvalue weighted by molar-refractivity contribution is 7.13. The van der Waals surface area contributed by atoms with E-state index in [9.17, 15) is 0 Å². The molecule has 1 aromatic heterocycles. The zero-order valence-corrected chi connectivity index (χ0v) is 8.35. The molecule has 0 unspecified atom stereocenters. The number of aliphatic hydroxyl groups excluding tert-OH is 1. The van der Waals surface area contributed by atoms with Crippen LogP contribution in [-0.4, -0.2) is 14.7 Å². The van der Waals surface area contributed by atoms with E-state index in [1.54, 1.807) is 0 Å². The molecule has 1 heterocycles. The van der Waals surface area contributed by atoms with Crippen LogP contribution in [0.25, 0.3) is 10.2 Å². The summed E-state index contributed by atoms with van der Waals surface area (Å²) in [4.78, 5) is 0. The highest BCUT2D eigenvalue weighted by Crippen LogP contribution is 2.26. The van der Waals surface area contributed by atoms with Crippen LogP contribution in [0.4, 0.5) is 0 Å². The first-order chi connectivity index (χ1) is 6.24. The van der Waals surface area contributed by atoms with Crippen LogP contribution in [-0.2, 0) is 6.61 Å². The molecule has 2 aromatic rings. The number of aliphatic hydroxyl groups is 1.